The van der Waals surface area contributed by atoms with Gasteiger partial charge in [-0.1, -0.05) is 31.5 Å². The van der Waals surface area contributed by atoms with E-state index in [0.717, 1.165) is 23.8 Å². The summed E-state index contributed by atoms with van der Waals surface area (Å²) >= 11 is 5.98. The highest BCUT2D eigenvalue weighted by Gasteiger charge is 2.36. The Morgan fingerprint density at radius 2 is 1.91 bits per heavy atom. The Kier molecular flexibility index (Phi) is 7.84. The van der Waals surface area contributed by atoms with Gasteiger partial charge in [0, 0.05) is 13.1 Å². The summed E-state index contributed by atoms with van der Waals surface area (Å²) < 4.78 is 72.5. The number of hydrogen-bond donors (Lipinski definition) is 1. The predicted molar refractivity (Wildman–Crippen MR) is 124 cm³/mol. The molecule has 11 heteroatoms. The quantitative estimate of drug-likeness (QED) is 0.545. The second-order valence-corrected chi connectivity index (χ2v) is 10.8. The van der Waals surface area contributed by atoms with Gasteiger partial charge in [0.1, 0.15) is 10.6 Å². The molecule has 2 aromatic rings. The number of carbonyl (C=O) groups excluding carboxylic acids is 1. The second kappa shape index (κ2) is 10.1. The lowest BCUT2D eigenvalue weighted by Gasteiger charge is -2.31. The van der Waals surface area contributed by atoms with Gasteiger partial charge in [0.05, 0.1) is 29.3 Å². The van der Waals surface area contributed by atoms with Crippen molar-refractivity contribution in [2.45, 2.75) is 43.7 Å². The Morgan fingerprint density at radius 1 is 1.21 bits per heavy atom. The topological polar surface area (TPSA) is 75.7 Å². The highest BCUT2D eigenvalue weighted by atomic mass is 35.5. The first kappa shape index (κ1) is 26.3. The van der Waals surface area contributed by atoms with Crippen LogP contribution in [0.1, 0.15) is 43.7 Å². The minimum atomic E-state index is -4.59. The SMILES string of the molecule is COc1ccc(C(C)C)cc1S(=O)(=O)N1CCC[C@H](C(=O)Nc2cc(C(F)(F)F)ccc2Cl)C1. The standard InChI is InChI=1S/C23H26ClF3N2O4S/c1-14(2)15-6-9-20(33-3)21(11-15)34(31,32)29-10-4-5-16(13-29)22(30)28-19-12-17(23(25,26)27)7-8-18(19)24/h6-9,11-12,14,16H,4-5,10,13H2,1-3H3,(H,28,30)/t16-/m0/s1. The van der Waals surface area contributed by atoms with Crippen LogP contribution in [0, 0.1) is 5.92 Å². The van der Waals surface area contributed by atoms with Crippen molar-refractivity contribution >= 4 is 33.2 Å². The summed E-state index contributed by atoms with van der Waals surface area (Å²) in [7, 11) is -2.60. The van der Waals surface area contributed by atoms with Gasteiger partial charge in [0.2, 0.25) is 15.9 Å². The number of nitrogens with one attached hydrogen (secondary N) is 1. The zero-order chi connectivity index (χ0) is 25.3. The summed E-state index contributed by atoms with van der Waals surface area (Å²) in [5.41, 5.74) is -0.296. The third-order valence-corrected chi connectivity index (χ3v) is 7.99. The number of benzene rings is 2. The largest absolute Gasteiger partial charge is 0.495 e. The number of anilines is 1. The van der Waals surface area contributed by atoms with Crippen molar-refractivity contribution < 1.29 is 31.1 Å². The van der Waals surface area contributed by atoms with Gasteiger partial charge in [-0.3, -0.25) is 4.79 Å². The summed E-state index contributed by atoms with van der Waals surface area (Å²) in [5.74, 6) is -1.05. The van der Waals surface area contributed by atoms with Crippen molar-refractivity contribution in [1.82, 2.24) is 4.31 Å². The van der Waals surface area contributed by atoms with Gasteiger partial charge in [0.15, 0.2) is 0 Å². The lowest BCUT2D eigenvalue weighted by Crippen LogP contribution is -2.43. The highest BCUT2D eigenvalue weighted by molar-refractivity contribution is 7.89. The number of methoxy groups -OCH3 is 1. The van der Waals surface area contributed by atoms with Crippen molar-refractivity contribution in [2.24, 2.45) is 5.92 Å². The van der Waals surface area contributed by atoms with E-state index < -0.39 is 33.6 Å². The molecule has 2 aromatic carbocycles. The summed E-state index contributed by atoms with van der Waals surface area (Å²) in [5, 5.41) is 2.39. The van der Waals surface area contributed by atoms with Gasteiger partial charge < -0.3 is 10.1 Å². The number of sulfonamides is 1. The van der Waals surface area contributed by atoms with Gasteiger partial charge in [-0.05, 0) is 54.7 Å². The number of alkyl halides is 3. The molecule has 34 heavy (non-hydrogen) atoms. The molecule has 0 unspecified atom stereocenters. The van der Waals surface area contributed by atoms with Crippen LogP contribution in [0.15, 0.2) is 41.3 Å². The van der Waals surface area contributed by atoms with Crippen LogP contribution in [-0.2, 0) is 21.0 Å². The molecule has 0 bridgehead atoms. The van der Waals surface area contributed by atoms with E-state index in [-0.39, 0.29) is 40.4 Å². The average molecular weight is 519 g/mol. The van der Waals surface area contributed by atoms with Gasteiger partial charge in [-0.2, -0.15) is 17.5 Å². The summed E-state index contributed by atoms with van der Waals surface area (Å²) in [6.07, 6.45) is -3.79. The minimum Gasteiger partial charge on any atom is -0.495 e. The molecule has 0 saturated carbocycles. The van der Waals surface area contributed by atoms with Crippen molar-refractivity contribution in [2.75, 3.05) is 25.5 Å². The predicted octanol–water partition coefficient (Wildman–Crippen LogP) is 5.53. The molecule has 186 valence electrons. The van der Waals surface area contributed by atoms with Crippen LogP contribution in [0.5, 0.6) is 5.75 Å². The number of amides is 1. The van der Waals surface area contributed by atoms with E-state index in [1.165, 1.54) is 11.4 Å². The molecule has 1 fully saturated rings. The van der Waals surface area contributed by atoms with E-state index in [9.17, 15) is 26.4 Å². The monoisotopic (exact) mass is 518 g/mol. The van der Waals surface area contributed by atoms with Crippen LogP contribution in [-0.4, -0.2) is 38.8 Å². The molecule has 1 amide bonds. The average Bonchev–Trinajstić information content (AvgIpc) is 2.79. The van der Waals surface area contributed by atoms with E-state index in [4.69, 9.17) is 16.3 Å². The molecule has 6 nitrogen and oxygen atoms in total. The number of nitrogens with zero attached hydrogens (tertiary/aromatic N) is 1. The van der Waals surface area contributed by atoms with Crippen molar-refractivity contribution in [1.29, 1.82) is 0 Å². The first-order chi connectivity index (χ1) is 15.8. The van der Waals surface area contributed by atoms with E-state index >= 15 is 0 Å². The number of halogens is 4. The normalized spacial score (nSPS) is 17.6. The third-order valence-electron chi connectivity index (χ3n) is 5.78. The molecule has 0 spiro atoms. The van der Waals surface area contributed by atoms with Crippen LogP contribution in [0.3, 0.4) is 0 Å². The maximum Gasteiger partial charge on any atom is 0.416 e. The van der Waals surface area contributed by atoms with E-state index in [1.54, 1.807) is 18.2 Å². The molecular formula is C23H26ClF3N2O4S. The van der Waals surface area contributed by atoms with Crippen LogP contribution in [0.2, 0.25) is 5.02 Å². The van der Waals surface area contributed by atoms with Gasteiger partial charge in [0.25, 0.3) is 0 Å². The summed E-state index contributed by atoms with van der Waals surface area (Å²) in [6.45, 7) is 3.99. The third kappa shape index (κ3) is 5.67. The zero-order valence-corrected chi connectivity index (χ0v) is 20.5. The summed E-state index contributed by atoms with van der Waals surface area (Å²) in [4.78, 5) is 12.9. The molecule has 1 N–H and O–H groups in total. The Morgan fingerprint density at radius 3 is 2.53 bits per heavy atom. The Balaban J connectivity index is 1.83. The molecule has 0 aliphatic carbocycles. The number of ether oxygens (including phenoxy) is 1. The molecule has 3 rings (SSSR count). The molecular weight excluding hydrogens is 493 g/mol. The second-order valence-electron chi connectivity index (χ2n) is 8.45. The highest BCUT2D eigenvalue weighted by Crippen LogP contribution is 2.35. The Labute approximate surface area is 202 Å². The molecule has 1 saturated heterocycles. The molecule has 0 aromatic heterocycles. The van der Waals surface area contributed by atoms with Crippen molar-refractivity contribution in [3.05, 3.63) is 52.5 Å². The van der Waals surface area contributed by atoms with Gasteiger partial charge >= 0.3 is 6.18 Å². The molecule has 1 heterocycles. The Bertz CT molecular complexity index is 1170. The fourth-order valence-corrected chi connectivity index (χ4v) is 5.68. The number of carbonyl (C=O) groups is 1. The van der Waals surface area contributed by atoms with Crippen LogP contribution < -0.4 is 10.1 Å². The van der Waals surface area contributed by atoms with Crippen LogP contribution in [0.25, 0.3) is 0 Å². The first-order valence-electron chi connectivity index (χ1n) is 10.7. The number of piperidine rings is 1. The van der Waals surface area contributed by atoms with Gasteiger partial charge in [-0.15, -0.1) is 0 Å². The fraction of sp³-hybridized carbons (Fsp3) is 0.435. The van der Waals surface area contributed by atoms with E-state index in [2.05, 4.69) is 5.32 Å². The first-order valence-corrected chi connectivity index (χ1v) is 12.5. The maximum absolute atomic E-state index is 13.4. The number of hydrogen-bond acceptors (Lipinski definition) is 4. The zero-order valence-electron chi connectivity index (χ0n) is 18.9. The van der Waals surface area contributed by atoms with Gasteiger partial charge in [-0.25, -0.2) is 8.42 Å². The fourth-order valence-electron chi connectivity index (χ4n) is 3.80. The van der Waals surface area contributed by atoms with Crippen LogP contribution >= 0.6 is 11.6 Å². The molecule has 1 aliphatic rings. The molecule has 1 atom stereocenters. The lowest BCUT2D eigenvalue weighted by atomic mass is 9.98. The van der Waals surface area contributed by atoms with E-state index in [1.807, 2.05) is 13.8 Å². The summed E-state index contributed by atoms with van der Waals surface area (Å²) in [6, 6.07) is 7.63. The van der Waals surface area contributed by atoms with Crippen LogP contribution in [0.4, 0.5) is 18.9 Å². The lowest BCUT2D eigenvalue weighted by molar-refractivity contribution is -0.137. The minimum absolute atomic E-state index is 0.0168. The maximum atomic E-state index is 13.4. The molecule has 1 aliphatic heterocycles. The van der Waals surface area contributed by atoms with Crippen molar-refractivity contribution in [3.63, 3.8) is 0 Å². The number of rotatable bonds is 6. The van der Waals surface area contributed by atoms with Crippen molar-refractivity contribution in [3.8, 4) is 5.75 Å². The smallest absolute Gasteiger partial charge is 0.416 e. The van der Waals surface area contributed by atoms with E-state index in [0.29, 0.717) is 12.8 Å². The molecule has 0 radical (unpaired) electrons. The Hall–Kier alpha value is -2.30.